The van der Waals surface area contributed by atoms with Crippen LogP contribution in [0.5, 0.6) is 0 Å². The van der Waals surface area contributed by atoms with E-state index in [0.29, 0.717) is 6.61 Å². The molecule has 0 amide bonds. The summed E-state index contributed by atoms with van der Waals surface area (Å²) in [6, 6.07) is 1.59. The predicted molar refractivity (Wildman–Crippen MR) is 44.8 cm³/mol. The first-order valence-electron chi connectivity index (χ1n) is 3.37. The molecule has 0 spiro atoms. The van der Waals surface area contributed by atoms with Gasteiger partial charge >= 0.3 is 0 Å². The molecule has 0 fully saturated rings. The van der Waals surface area contributed by atoms with Gasteiger partial charge in [0.15, 0.2) is 14.7 Å². The minimum absolute atomic E-state index is 0.155. The third-order valence-electron chi connectivity index (χ3n) is 1.15. The molecule has 0 aliphatic rings. The molecule has 0 rings (SSSR count). The van der Waals surface area contributed by atoms with E-state index in [0.717, 1.165) is 6.26 Å². The van der Waals surface area contributed by atoms with Crippen molar-refractivity contribution < 1.29 is 13.2 Å². The third-order valence-corrected chi connectivity index (χ3v) is 2.27. The molecule has 0 unspecified atom stereocenters. The first-order chi connectivity index (χ1) is 5.43. The van der Waals surface area contributed by atoms with Crippen LogP contribution in [0, 0.1) is 11.3 Å². The Kier molecular flexibility index (Phi) is 3.77. The molecule has 4 nitrogen and oxygen atoms in total. The summed E-state index contributed by atoms with van der Waals surface area (Å²) in [6.45, 7) is 3.54. The zero-order chi connectivity index (χ0) is 9.78. The highest BCUT2D eigenvalue weighted by Gasteiger charge is 2.14. The fraction of sp³-hybridized carbons (Fsp3) is 0.571. The van der Waals surface area contributed by atoms with E-state index in [1.165, 1.54) is 6.92 Å². The van der Waals surface area contributed by atoms with Crippen LogP contribution in [0.2, 0.25) is 0 Å². The molecule has 0 aliphatic carbocycles. The van der Waals surface area contributed by atoms with Gasteiger partial charge in [-0.25, -0.2) is 8.42 Å². The number of hydrogen-bond acceptors (Lipinski definition) is 4. The summed E-state index contributed by atoms with van der Waals surface area (Å²) in [5.74, 6) is 0.155. The van der Waals surface area contributed by atoms with Crippen molar-refractivity contribution in [1.29, 1.82) is 5.26 Å². The highest BCUT2D eigenvalue weighted by molar-refractivity contribution is 7.94. The zero-order valence-electron chi connectivity index (χ0n) is 7.29. The number of nitriles is 1. The number of nitrogens with zero attached hydrogens (tertiary/aromatic N) is 1. The largest absolute Gasteiger partial charge is 0.496 e. The van der Waals surface area contributed by atoms with Crippen molar-refractivity contribution in [2.24, 2.45) is 0 Å². The lowest BCUT2D eigenvalue weighted by molar-refractivity contribution is 0.230. The Morgan fingerprint density at radius 3 is 2.33 bits per heavy atom. The Bertz CT molecular complexity index is 321. The molecule has 0 radical (unpaired) electrons. The molecule has 0 heterocycles. The Morgan fingerprint density at radius 1 is 1.58 bits per heavy atom. The summed E-state index contributed by atoms with van der Waals surface area (Å²) in [7, 11) is -3.44. The van der Waals surface area contributed by atoms with Crippen molar-refractivity contribution in [3.05, 3.63) is 10.7 Å². The van der Waals surface area contributed by atoms with Crippen LogP contribution < -0.4 is 0 Å². The van der Waals surface area contributed by atoms with Crippen molar-refractivity contribution in [3.8, 4) is 6.07 Å². The second-order valence-corrected chi connectivity index (χ2v) is 4.15. The normalized spacial score (nSPS) is 13.2. The van der Waals surface area contributed by atoms with Crippen LogP contribution in [0.4, 0.5) is 0 Å². The molecule has 0 aromatic heterocycles. The highest BCUT2D eigenvalue weighted by atomic mass is 32.2. The Labute approximate surface area is 72.4 Å². The number of allylic oxidation sites excluding steroid dienone is 2. The average Bonchev–Trinajstić information content (AvgIpc) is 1.85. The lowest BCUT2D eigenvalue weighted by Gasteiger charge is -2.03. The Hall–Kier alpha value is -1.02. The van der Waals surface area contributed by atoms with E-state index in [1.54, 1.807) is 13.0 Å². The van der Waals surface area contributed by atoms with Gasteiger partial charge in [-0.15, -0.1) is 0 Å². The topological polar surface area (TPSA) is 67.2 Å². The summed E-state index contributed by atoms with van der Waals surface area (Å²) in [4.78, 5) is -0.302. The molecule has 0 aromatic rings. The molecule has 0 aromatic carbocycles. The number of sulfone groups is 1. The maximum absolute atomic E-state index is 10.9. The Balaban J connectivity index is 5.06. The molecular formula is C7H11NO3S. The lowest BCUT2D eigenvalue weighted by atomic mass is 10.5. The van der Waals surface area contributed by atoms with E-state index in [2.05, 4.69) is 0 Å². The van der Waals surface area contributed by atoms with E-state index in [-0.39, 0.29) is 10.7 Å². The van der Waals surface area contributed by atoms with Crippen molar-refractivity contribution in [3.63, 3.8) is 0 Å². The van der Waals surface area contributed by atoms with Crippen molar-refractivity contribution in [2.45, 2.75) is 13.8 Å². The van der Waals surface area contributed by atoms with Gasteiger partial charge < -0.3 is 4.74 Å². The van der Waals surface area contributed by atoms with E-state index in [4.69, 9.17) is 10.00 Å². The first kappa shape index (κ1) is 11.0. The molecular weight excluding hydrogens is 178 g/mol. The molecule has 0 bridgehead atoms. The number of rotatable bonds is 3. The minimum atomic E-state index is -3.44. The van der Waals surface area contributed by atoms with Crippen LogP contribution in [-0.2, 0) is 14.6 Å². The van der Waals surface area contributed by atoms with Crippen LogP contribution in [0.3, 0.4) is 0 Å². The van der Waals surface area contributed by atoms with Gasteiger partial charge in [0.2, 0.25) is 0 Å². The van der Waals surface area contributed by atoms with Gasteiger partial charge in [0.05, 0.1) is 6.61 Å². The fourth-order valence-electron chi connectivity index (χ4n) is 0.705. The van der Waals surface area contributed by atoms with Gasteiger partial charge in [-0.05, 0) is 13.8 Å². The quantitative estimate of drug-likeness (QED) is 0.487. The van der Waals surface area contributed by atoms with Gasteiger partial charge in [-0.1, -0.05) is 0 Å². The molecule has 68 valence electrons. The Morgan fingerprint density at radius 2 is 2.08 bits per heavy atom. The molecule has 12 heavy (non-hydrogen) atoms. The molecule has 0 saturated carbocycles. The maximum Gasteiger partial charge on any atom is 0.188 e. The van der Waals surface area contributed by atoms with E-state index in [9.17, 15) is 8.42 Å². The van der Waals surface area contributed by atoms with E-state index < -0.39 is 9.84 Å². The highest BCUT2D eigenvalue weighted by Crippen LogP contribution is 2.10. The molecule has 0 saturated heterocycles. The summed E-state index contributed by atoms with van der Waals surface area (Å²) < 4.78 is 26.7. The standard InChI is InChI=1S/C7H11NO3S/c1-4-11-6(2)7(5-8)12(3,9)10/h4H2,1-3H3/b7-6+. The van der Waals surface area contributed by atoms with Gasteiger partial charge in [0, 0.05) is 6.26 Å². The first-order valence-corrected chi connectivity index (χ1v) is 5.26. The zero-order valence-corrected chi connectivity index (χ0v) is 8.10. The summed E-state index contributed by atoms with van der Waals surface area (Å²) >= 11 is 0. The summed E-state index contributed by atoms with van der Waals surface area (Å²) in [6.07, 6.45) is 0.980. The fourth-order valence-corrected chi connectivity index (χ4v) is 1.45. The summed E-state index contributed by atoms with van der Waals surface area (Å²) in [5, 5.41) is 8.49. The second kappa shape index (κ2) is 4.12. The number of ether oxygens (including phenoxy) is 1. The molecule has 0 aliphatic heterocycles. The van der Waals surface area contributed by atoms with Crippen LogP contribution in [0.1, 0.15) is 13.8 Å². The predicted octanol–water partition coefficient (Wildman–Crippen LogP) is 0.823. The average molecular weight is 189 g/mol. The minimum Gasteiger partial charge on any atom is -0.496 e. The molecule has 0 N–H and O–H groups in total. The van der Waals surface area contributed by atoms with Crippen LogP contribution >= 0.6 is 0 Å². The van der Waals surface area contributed by atoms with E-state index in [1.807, 2.05) is 0 Å². The van der Waals surface area contributed by atoms with Gasteiger partial charge in [-0.2, -0.15) is 5.26 Å². The van der Waals surface area contributed by atoms with Crippen molar-refractivity contribution >= 4 is 9.84 Å². The van der Waals surface area contributed by atoms with Crippen LogP contribution in [-0.4, -0.2) is 21.3 Å². The van der Waals surface area contributed by atoms with Crippen molar-refractivity contribution in [2.75, 3.05) is 12.9 Å². The van der Waals surface area contributed by atoms with Gasteiger partial charge in [-0.3, -0.25) is 0 Å². The maximum atomic E-state index is 10.9. The second-order valence-electron chi connectivity index (χ2n) is 2.20. The van der Waals surface area contributed by atoms with Crippen LogP contribution in [0.15, 0.2) is 10.7 Å². The summed E-state index contributed by atoms with van der Waals surface area (Å²) in [5.41, 5.74) is 0. The van der Waals surface area contributed by atoms with Gasteiger partial charge in [0.25, 0.3) is 0 Å². The molecule has 0 atom stereocenters. The SMILES string of the molecule is CCO/C(C)=C(\C#N)S(C)(=O)=O. The van der Waals surface area contributed by atoms with Crippen molar-refractivity contribution in [1.82, 2.24) is 0 Å². The smallest absolute Gasteiger partial charge is 0.188 e. The number of hydrogen-bond donors (Lipinski definition) is 0. The van der Waals surface area contributed by atoms with E-state index >= 15 is 0 Å². The van der Waals surface area contributed by atoms with Crippen LogP contribution in [0.25, 0.3) is 0 Å². The third kappa shape index (κ3) is 2.93. The molecule has 5 heteroatoms. The lowest BCUT2D eigenvalue weighted by Crippen LogP contribution is -2.03. The monoisotopic (exact) mass is 189 g/mol. The van der Waals surface area contributed by atoms with Gasteiger partial charge in [0.1, 0.15) is 11.8 Å².